The molecule has 0 aliphatic carbocycles. The van der Waals surface area contributed by atoms with E-state index in [4.69, 9.17) is 0 Å². The summed E-state index contributed by atoms with van der Waals surface area (Å²) in [6.07, 6.45) is -3.02. The molecule has 0 radical (unpaired) electrons. The summed E-state index contributed by atoms with van der Waals surface area (Å²) >= 11 is 0. The second-order valence-corrected chi connectivity index (χ2v) is 6.52. The van der Waals surface area contributed by atoms with E-state index in [-0.39, 0.29) is 17.9 Å². The zero-order chi connectivity index (χ0) is 20.9. The van der Waals surface area contributed by atoms with Crippen molar-refractivity contribution in [1.29, 1.82) is 0 Å². The molecule has 3 aromatic rings. The molecule has 0 fully saturated rings. The van der Waals surface area contributed by atoms with Crippen molar-refractivity contribution >= 4 is 11.5 Å². The molecule has 0 aliphatic rings. The highest BCUT2D eigenvalue weighted by Gasteiger charge is 2.31. The van der Waals surface area contributed by atoms with Gasteiger partial charge >= 0.3 is 6.36 Å². The van der Waals surface area contributed by atoms with E-state index in [2.05, 4.69) is 10.1 Å². The van der Waals surface area contributed by atoms with E-state index >= 15 is 0 Å². The van der Waals surface area contributed by atoms with Crippen LogP contribution in [0.2, 0.25) is 0 Å². The van der Waals surface area contributed by atoms with Crippen molar-refractivity contribution in [1.82, 2.24) is 0 Å². The first-order valence-electron chi connectivity index (χ1n) is 8.97. The molecule has 0 bridgehead atoms. The summed E-state index contributed by atoms with van der Waals surface area (Å²) in [6, 6.07) is 18.8. The molecule has 1 heterocycles. The number of ketones is 1. The Kier molecular flexibility index (Phi) is 6.16. The number of rotatable bonds is 7. The lowest BCUT2D eigenvalue weighted by Gasteiger charge is -2.10. The number of Topliss-reactive ketones (excluding diaryl/α,β-unsaturated/α-hetero) is 1. The first-order chi connectivity index (χ1) is 13.8. The second kappa shape index (κ2) is 8.77. The minimum atomic E-state index is -4.80. The van der Waals surface area contributed by atoms with Crippen molar-refractivity contribution in [3.8, 4) is 5.75 Å². The van der Waals surface area contributed by atoms with Crippen LogP contribution in [-0.4, -0.2) is 12.1 Å². The molecule has 2 aromatic carbocycles. The average molecular weight is 401 g/mol. The number of hydrogen-bond donors (Lipinski definition) is 1. The molecular weight excluding hydrogens is 381 g/mol. The van der Waals surface area contributed by atoms with Gasteiger partial charge in [0.1, 0.15) is 5.75 Å². The lowest BCUT2D eigenvalue weighted by Crippen LogP contribution is -2.40. The lowest BCUT2D eigenvalue weighted by molar-refractivity contribution is -0.689. The average Bonchev–Trinajstić information content (AvgIpc) is 2.68. The molecule has 4 nitrogen and oxygen atoms in total. The van der Waals surface area contributed by atoms with Gasteiger partial charge in [0.05, 0.1) is 0 Å². The number of pyridine rings is 1. The van der Waals surface area contributed by atoms with Crippen LogP contribution in [0.4, 0.5) is 18.9 Å². The van der Waals surface area contributed by atoms with Crippen LogP contribution in [-0.2, 0) is 13.1 Å². The molecule has 1 N–H and O–H groups in total. The number of alkyl halides is 3. The van der Waals surface area contributed by atoms with Gasteiger partial charge in [-0.2, -0.15) is 4.57 Å². The second-order valence-electron chi connectivity index (χ2n) is 6.52. The van der Waals surface area contributed by atoms with Crippen molar-refractivity contribution in [3.05, 3.63) is 89.7 Å². The third-order valence-corrected chi connectivity index (χ3v) is 4.29. The fraction of sp³-hybridized carbons (Fsp3) is 0.182. The van der Waals surface area contributed by atoms with Crippen LogP contribution in [0.25, 0.3) is 0 Å². The number of hydrogen-bond acceptors (Lipinski definition) is 3. The van der Waals surface area contributed by atoms with Crippen LogP contribution in [0, 0.1) is 6.92 Å². The van der Waals surface area contributed by atoms with Crippen LogP contribution in [0.5, 0.6) is 5.75 Å². The standard InChI is InChI=1S/C22H19F3N2O2/c1-16-12-19(26-14-17-6-3-2-4-7-17)10-11-27(16)15-21(28)18-8-5-9-20(13-18)29-22(23,24)25/h2-13H,14-15H2,1H3/p+1. The predicted octanol–water partition coefficient (Wildman–Crippen LogP) is 4.68. The molecule has 0 unspecified atom stereocenters. The highest BCUT2D eigenvalue weighted by Crippen LogP contribution is 2.23. The van der Waals surface area contributed by atoms with E-state index in [1.165, 1.54) is 12.1 Å². The minimum absolute atomic E-state index is 0.0142. The first kappa shape index (κ1) is 20.4. The summed E-state index contributed by atoms with van der Waals surface area (Å²) in [5.74, 6) is -0.721. The number of benzene rings is 2. The predicted molar refractivity (Wildman–Crippen MR) is 103 cm³/mol. The molecule has 0 aliphatic heterocycles. The van der Waals surface area contributed by atoms with Crippen molar-refractivity contribution in [2.45, 2.75) is 26.4 Å². The zero-order valence-electron chi connectivity index (χ0n) is 15.7. The molecule has 150 valence electrons. The number of aromatic nitrogens is 1. The van der Waals surface area contributed by atoms with Gasteiger partial charge in [-0.3, -0.25) is 4.79 Å². The van der Waals surface area contributed by atoms with Crippen LogP contribution < -0.4 is 14.6 Å². The highest BCUT2D eigenvalue weighted by atomic mass is 19.4. The van der Waals surface area contributed by atoms with E-state index in [1.807, 2.05) is 49.4 Å². The molecule has 1 aromatic heterocycles. The Hall–Kier alpha value is -3.35. The molecule has 0 atom stereocenters. The van der Waals surface area contributed by atoms with Crippen molar-refractivity contribution in [3.63, 3.8) is 0 Å². The van der Waals surface area contributed by atoms with Crippen LogP contribution >= 0.6 is 0 Å². The van der Waals surface area contributed by atoms with Gasteiger partial charge in [-0.1, -0.05) is 42.5 Å². The van der Waals surface area contributed by atoms with Gasteiger partial charge in [0.25, 0.3) is 0 Å². The van der Waals surface area contributed by atoms with E-state index < -0.39 is 12.1 Å². The number of nitrogens with zero attached hydrogens (tertiary/aromatic N) is 1. The fourth-order valence-electron chi connectivity index (χ4n) is 2.84. The Morgan fingerprint density at radius 2 is 1.79 bits per heavy atom. The maximum Gasteiger partial charge on any atom is 0.573 e. The van der Waals surface area contributed by atoms with Gasteiger partial charge in [-0.25, -0.2) is 0 Å². The highest BCUT2D eigenvalue weighted by molar-refractivity contribution is 5.95. The monoisotopic (exact) mass is 401 g/mol. The van der Waals surface area contributed by atoms with Crippen molar-refractivity contribution in [2.75, 3.05) is 5.32 Å². The zero-order valence-corrected chi connectivity index (χ0v) is 15.7. The number of halogens is 3. The molecule has 29 heavy (non-hydrogen) atoms. The number of anilines is 1. The maximum atomic E-state index is 12.5. The van der Waals surface area contributed by atoms with Gasteiger partial charge < -0.3 is 10.1 Å². The third kappa shape index (κ3) is 6.07. The fourth-order valence-corrected chi connectivity index (χ4v) is 2.84. The molecule has 3 rings (SSSR count). The Morgan fingerprint density at radius 3 is 2.48 bits per heavy atom. The SMILES string of the molecule is Cc1cc(NCc2ccccc2)cc[n+]1CC(=O)c1cccc(OC(F)(F)F)c1. The molecule has 0 saturated carbocycles. The van der Waals surface area contributed by atoms with Crippen LogP contribution in [0.1, 0.15) is 21.6 Å². The summed E-state index contributed by atoms with van der Waals surface area (Å²) in [5.41, 5.74) is 3.07. The smallest absolute Gasteiger partial charge is 0.406 e. The first-order valence-corrected chi connectivity index (χ1v) is 8.97. The topological polar surface area (TPSA) is 42.2 Å². The normalized spacial score (nSPS) is 11.2. The Labute approximate surface area is 166 Å². The number of nitrogens with one attached hydrogen (secondary N) is 1. The van der Waals surface area contributed by atoms with E-state index in [0.717, 1.165) is 29.1 Å². The van der Waals surface area contributed by atoms with Gasteiger partial charge in [-0.05, 0) is 17.7 Å². The number of ether oxygens (including phenoxy) is 1. The minimum Gasteiger partial charge on any atom is -0.406 e. The van der Waals surface area contributed by atoms with Gasteiger partial charge in [0.15, 0.2) is 11.9 Å². The summed E-state index contributed by atoms with van der Waals surface area (Å²) in [7, 11) is 0. The Bertz CT molecular complexity index is 989. The molecule has 0 spiro atoms. The maximum absolute atomic E-state index is 12.5. The summed E-state index contributed by atoms with van der Waals surface area (Å²) in [5, 5.41) is 3.32. The number of carbonyl (C=O) groups excluding carboxylic acids is 1. The van der Waals surface area contributed by atoms with Crippen molar-refractivity contribution < 1.29 is 27.3 Å². The van der Waals surface area contributed by atoms with Crippen LogP contribution in [0.15, 0.2) is 72.9 Å². The Morgan fingerprint density at radius 1 is 1.03 bits per heavy atom. The summed E-state index contributed by atoms with van der Waals surface area (Å²) in [4.78, 5) is 12.5. The molecule has 7 heteroatoms. The van der Waals surface area contributed by atoms with E-state index in [1.54, 1.807) is 10.8 Å². The Balaban J connectivity index is 1.65. The summed E-state index contributed by atoms with van der Waals surface area (Å²) in [6.45, 7) is 2.56. The molecular formula is C22H20F3N2O2+. The van der Waals surface area contributed by atoms with Crippen molar-refractivity contribution in [2.24, 2.45) is 0 Å². The molecule has 0 amide bonds. The number of carbonyl (C=O) groups is 1. The van der Waals surface area contributed by atoms with E-state index in [0.29, 0.717) is 6.54 Å². The summed E-state index contributed by atoms with van der Waals surface area (Å²) < 4.78 is 42.7. The quantitative estimate of drug-likeness (QED) is 0.462. The lowest BCUT2D eigenvalue weighted by atomic mass is 10.1. The molecule has 0 saturated heterocycles. The number of aryl methyl sites for hydroxylation is 1. The van der Waals surface area contributed by atoms with Gasteiger partial charge in [0.2, 0.25) is 12.3 Å². The van der Waals surface area contributed by atoms with Gasteiger partial charge in [0, 0.05) is 36.9 Å². The largest absolute Gasteiger partial charge is 0.573 e. The third-order valence-electron chi connectivity index (χ3n) is 4.29. The van der Waals surface area contributed by atoms with Gasteiger partial charge in [-0.15, -0.1) is 13.2 Å². The van der Waals surface area contributed by atoms with Crippen LogP contribution in [0.3, 0.4) is 0 Å². The van der Waals surface area contributed by atoms with E-state index in [9.17, 15) is 18.0 Å².